The van der Waals surface area contributed by atoms with E-state index in [1.807, 2.05) is 18.2 Å². The summed E-state index contributed by atoms with van der Waals surface area (Å²) >= 11 is 6.26. The molecule has 3 aromatic rings. The predicted octanol–water partition coefficient (Wildman–Crippen LogP) is 6.86. The maximum Gasteiger partial charge on any atom is 0.124 e. The van der Waals surface area contributed by atoms with E-state index < -0.39 is 0 Å². The van der Waals surface area contributed by atoms with Crippen molar-refractivity contribution in [1.29, 1.82) is 0 Å². The lowest BCUT2D eigenvalue weighted by Crippen LogP contribution is -2.21. The average Bonchev–Trinajstić information content (AvgIpc) is 2.72. The molecule has 0 aliphatic heterocycles. The van der Waals surface area contributed by atoms with Crippen LogP contribution in [0.5, 0.6) is 5.75 Å². The quantitative estimate of drug-likeness (QED) is 0.428. The number of ether oxygens (including phenoxy) is 1. The summed E-state index contributed by atoms with van der Waals surface area (Å²) in [5.74, 6) is 0.876. The third kappa shape index (κ3) is 5.85. The zero-order valence-electron chi connectivity index (χ0n) is 16.6. The van der Waals surface area contributed by atoms with Gasteiger partial charge in [-0.25, -0.2) is 0 Å². The Morgan fingerprint density at radius 2 is 1.71 bits per heavy atom. The highest BCUT2D eigenvalue weighted by Crippen LogP contribution is 2.26. The summed E-state index contributed by atoms with van der Waals surface area (Å²) in [6.07, 6.45) is 2.21. The van der Waals surface area contributed by atoms with E-state index in [9.17, 15) is 0 Å². The second-order valence-corrected chi connectivity index (χ2v) is 7.60. The van der Waals surface area contributed by atoms with Crippen molar-refractivity contribution in [3.8, 4) is 5.75 Å². The standard InChI is InChI=1S/C25H28ClNO/c1-3-7-24(21-8-5-4-6-9-21)27-17-22-16-23(26)14-15-25(22)28-18-20-12-10-19(2)11-13-20/h4-6,8-16,24,27H,3,7,17-18H2,1-2H3. The van der Waals surface area contributed by atoms with Gasteiger partial charge in [-0.3, -0.25) is 0 Å². The largest absolute Gasteiger partial charge is 0.489 e. The van der Waals surface area contributed by atoms with E-state index in [0.29, 0.717) is 19.2 Å². The minimum absolute atomic E-state index is 0.315. The Balaban J connectivity index is 1.70. The van der Waals surface area contributed by atoms with Gasteiger partial charge in [-0.2, -0.15) is 0 Å². The predicted molar refractivity (Wildman–Crippen MR) is 118 cm³/mol. The Kier molecular flexibility index (Phi) is 7.53. The van der Waals surface area contributed by atoms with Gasteiger partial charge < -0.3 is 10.1 Å². The van der Waals surface area contributed by atoms with Crippen LogP contribution in [0.15, 0.2) is 72.8 Å². The third-order valence-corrected chi connectivity index (χ3v) is 5.09. The SMILES string of the molecule is CCCC(NCc1cc(Cl)ccc1OCc1ccc(C)cc1)c1ccccc1. The fraction of sp³-hybridized carbons (Fsp3) is 0.280. The number of benzene rings is 3. The van der Waals surface area contributed by atoms with Gasteiger partial charge in [-0.1, -0.05) is 85.1 Å². The van der Waals surface area contributed by atoms with Crippen molar-refractivity contribution in [2.75, 3.05) is 0 Å². The van der Waals surface area contributed by atoms with Crippen LogP contribution in [0.3, 0.4) is 0 Å². The van der Waals surface area contributed by atoms with E-state index in [1.165, 1.54) is 11.1 Å². The third-order valence-electron chi connectivity index (χ3n) is 4.86. The molecule has 1 N–H and O–H groups in total. The second kappa shape index (κ2) is 10.3. The Morgan fingerprint density at radius 1 is 0.964 bits per heavy atom. The van der Waals surface area contributed by atoms with E-state index in [4.69, 9.17) is 16.3 Å². The summed E-state index contributed by atoms with van der Waals surface area (Å²) in [6, 6.07) is 25.2. The lowest BCUT2D eigenvalue weighted by Gasteiger charge is -2.20. The van der Waals surface area contributed by atoms with Crippen molar-refractivity contribution in [3.63, 3.8) is 0 Å². The fourth-order valence-electron chi connectivity index (χ4n) is 3.27. The topological polar surface area (TPSA) is 21.3 Å². The molecule has 0 saturated carbocycles. The van der Waals surface area contributed by atoms with Crippen molar-refractivity contribution in [3.05, 3.63) is 100 Å². The zero-order valence-corrected chi connectivity index (χ0v) is 17.4. The van der Waals surface area contributed by atoms with Crippen LogP contribution >= 0.6 is 11.6 Å². The molecule has 0 fully saturated rings. The van der Waals surface area contributed by atoms with Crippen LogP contribution in [0.4, 0.5) is 0 Å². The summed E-state index contributed by atoms with van der Waals surface area (Å²) in [6.45, 7) is 5.57. The van der Waals surface area contributed by atoms with Crippen LogP contribution < -0.4 is 10.1 Å². The number of nitrogens with one attached hydrogen (secondary N) is 1. The first-order chi connectivity index (χ1) is 13.7. The number of rotatable bonds is 9. The van der Waals surface area contributed by atoms with Crippen LogP contribution in [0.2, 0.25) is 5.02 Å². The van der Waals surface area contributed by atoms with Gasteiger partial charge in [0, 0.05) is 23.2 Å². The summed E-state index contributed by atoms with van der Waals surface area (Å²) in [4.78, 5) is 0. The van der Waals surface area contributed by atoms with Gasteiger partial charge in [0.05, 0.1) is 0 Å². The van der Waals surface area contributed by atoms with Gasteiger partial charge in [0.1, 0.15) is 12.4 Å². The molecule has 1 atom stereocenters. The Labute approximate surface area is 173 Å². The molecular formula is C25H28ClNO. The highest BCUT2D eigenvalue weighted by Gasteiger charge is 2.12. The van der Waals surface area contributed by atoms with Gasteiger partial charge in [0.25, 0.3) is 0 Å². The van der Waals surface area contributed by atoms with E-state index in [1.54, 1.807) is 0 Å². The molecule has 1 unspecified atom stereocenters. The first-order valence-electron chi connectivity index (χ1n) is 9.91. The molecule has 2 nitrogen and oxygen atoms in total. The molecular weight excluding hydrogens is 366 g/mol. The van der Waals surface area contributed by atoms with Gasteiger partial charge in [-0.15, -0.1) is 0 Å². The molecule has 0 aliphatic carbocycles. The van der Waals surface area contributed by atoms with Crippen molar-refractivity contribution in [2.45, 2.75) is 45.9 Å². The van der Waals surface area contributed by atoms with Crippen LogP contribution in [-0.2, 0) is 13.2 Å². The molecule has 0 heterocycles. The normalized spacial score (nSPS) is 12.0. The Bertz CT molecular complexity index is 861. The minimum Gasteiger partial charge on any atom is -0.489 e. The molecule has 0 radical (unpaired) electrons. The van der Waals surface area contributed by atoms with Crippen LogP contribution in [0.25, 0.3) is 0 Å². The summed E-state index contributed by atoms with van der Waals surface area (Å²) < 4.78 is 6.12. The van der Waals surface area contributed by atoms with Crippen LogP contribution in [-0.4, -0.2) is 0 Å². The van der Waals surface area contributed by atoms with Crippen molar-refractivity contribution in [1.82, 2.24) is 5.32 Å². The average molecular weight is 394 g/mol. The Hall–Kier alpha value is -2.29. The molecule has 0 aliphatic rings. The molecule has 0 aromatic heterocycles. The molecule has 3 rings (SSSR count). The van der Waals surface area contributed by atoms with Gasteiger partial charge in [0.15, 0.2) is 0 Å². The van der Waals surface area contributed by atoms with Crippen LogP contribution in [0.1, 0.15) is 48.1 Å². The van der Waals surface area contributed by atoms with E-state index >= 15 is 0 Å². The highest BCUT2D eigenvalue weighted by molar-refractivity contribution is 6.30. The smallest absolute Gasteiger partial charge is 0.124 e. The van der Waals surface area contributed by atoms with Crippen molar-refractivity contribution >= 4 is 11.6 Å². The summed E-state index contributed by atoms with van der Waals surface area (Å²) in [5.41, 5.74) is 4.81. The van der Waals surface area contributed by atoms with E-state index in [2.05, 4.69) is 73.8 Å². The molecule has 0 spiro atoms. The van der Waals surface area contributed by atoms with E-state index in [0.717, 1.165) is 34.7 Å². The number of hydrogen-bond donors (Lipinski definition) is 1. The number of hydrogen-bond acceptors (Lipinski definition) is 2. The first-order valence-corrected chi connectivity index (χ1v) is 10.3. The number of halogens is 1. The first kappa shape index (κ1) is 20.4. The number of aryl methyl sites for hydroxylation is 1. The van der Waals surface area contributed by atoms with E-state index in [-0.39, 0.29) is 0 Å². The van der Waals surface area contributed by atoms with Gasteiger partial charge >= 0.3 is 0 Å². The molecule has 28 heavy (non-hydrogen) atoms. The molecule has 3 heteroatoms. The molecule has 0 amide bonds. The van der Waals surface area contributed by atoms with Crippen LogP contribution in [0, 0.1) is 6.92 Å². The summed E-state index contributed by atoms with van der Waals surface area (Å²) in [7, 11) is 0. The maximum atomic E-state index is 6.26. The zero-order chi connectivity index (χ0) is 19.8. The Morgan fingerprint density at radius 3 is 2.43 bits per heavy atom. The maximum absolute atomic E-state index is 6.26. The lowest BCUT2D eigenvalue weighted by molar-refractivity contribution is 0.301. The van der Waals surface area contributed by atoms with Gasteiger partial charge in [-0.05, 0) is 42.7 Å². The molecule has 0 saturated heterocycles. The monoisotopic (exact) mass is 393 g/mol. The fourth-order valence-corrected chi connectivity index (χ4v) is 3.46. The van der Waals surface area contributed by atoms with Crippen molar-refractivity contribution < 1.29 is 4.74 Å². The van der Waals surface area contributed by atoms with Gasteiger partial charge in [0.2, 0.25) is 0 Å². The summed E-state index contributed by atoms with van der Waals surface area (Å²) in [5, 5.41) is 4.42. The lowest BCUT2D eigenvalue weighted by atomic mass is 10.0. The second-order valence-electron chi connectivity index (χ2n) is 7.16. The van der Waals surface area contributed by atoms with Crippen molar-refractivity contribution in [2.24, 2.45) is 0 Å². The highest BCUT2D eigenvalue weighted by atomic mass is 35.5. The molecule has 146 valence electrons. The molecule has 0 bridgehead atoms. The molecule has 3 aromatic carbocycles. The minimum atomic E-state index is 0.315.